The molecule has 1 aromatic carbocycles. The maximum Gasteiger partial charge on any atom is 0.417 e. The van der Waals surface area contributed by atoms with Gasteiger partial charge in [0.2, 0.25) is 5.95 Å². The van der Waals surface area contributed by atoms with Gasteiger partial charge in [-0.05, 0) is 57.5 Å². The summed E-state index contributed by atoms with van der Waals surface area (Å²) in [6.07, 6.45) is -1.27. The molecule has 5 aromatic rings. The number of hydrogen-bond acceptors (Lipinski definition) is 6. The van der Waals surface area contributed by atoms with Crippen molar-refractivity contribution in [3.8, 4) is 11.6 Å². The number of aromatic nitrogens is 7. The molecule has 0 N–H and O–H groups in total. The van der Waals surface area contributed by atoms with Gasteiger partial charge >= 0.3 is 6.18 Å². The number of carbonyl (C=O) groups excluding carboxylic acids is 1. The summed E-state index contributed by atoms with van der Waals surface area (Å²) in [6, 6.07) is 6.50. The van der Waals surface area contributed by atoms with Gasteiger partial charge in [0.25, 0.3) is 11.5 Å². The average Bonchev–Trinajstić information content (AvgIpc) is 3.47. The molecule has 10 nitrogen and oxygen atoms in total. The van der Waals surface area contributed by atoms with E-state index in [9.17, 15) is 22.8 Å². The molecule has 1 aliphatic rings. The Morgan fingerprint density at radius 1 is 1.12 bits per heavy atom. The van der Waals surface area contributed by atoms with Crippen LogP contribution in [0.4, 0.5) is 13.2 Å². The summed E-state index contributed by atoms with van der Waals surface area (Å²) >= 11 is 2.92. The summed E-state index contributed by atoms with van der Waals surface area (Å²) in [4.78, 5) is 42.8. The summed E-state index contributed by atoms with van der Waals surface area (Å²) in [5.41, 5.74) is 2.50. The Balaban J connectivity index is 1.48. The van der Waals surface area contributed by atoms with Crippen LogP contribution < -0.4 is 5.56 Å². The number of fused-ring (bicyclic) bond motifs is 2. The van der Waals surface area contributed by atoms with Crippen molar-refractivity contribution < 1.29 is 18.0 Å². The molecule has 0 spiro atoms. The van der Waals surface area contributed by atoms with E-state index in [1.807, 2.05) is 27.0 Å². The Labute approximate surface area is 245 Å². The molecule has 0 aliphatic carbocycles. The van der Waals surface area contributed by atoms with Crippen LogP contribution in [0, 0.1) is 13.8 Å². The molecule has 6 rings (SSSR count). The minimum absolute atomic E-state index is 0.0628. The van der Waals surface area contributed by atoms with Crippen LogP contribution in [0.25, 0.3) is 22.8 Å². The van der Waals surface area contributed by atoms with E-state index in [0.717, 1.165) is 11.8 Å². The summed E-state index contributed by atoms with van der Waals surface area (Å²) < 4.78 is 45.2. The summed E-state index contributed by atoms with van der Waals surface area (Å²) in [7, 11) is 1.82. The first-order chi connectivity index (χ1) is 19.8. The quantitative estimate of drug-likeness (QED) is 0.284. The van der Waals surface area contributed by atoms with Crippen molar-refractivity contribution in [2.75, 3.05) is 0 Å². The first-order valence-electron chi connectivity index (χ1n) is 13.0. The molecule has 0 radical (unpaired) electrons. The zero-order valence-electron chi connectivity index (χ0n) is 22.9. The Bertz CT molecular complexity index is 1960. The first-order valence-corrected chi connectivity index (χ1v) is 13.8. The van der Waals surface area contributed by atoms with Crippen molar-refractivity contribution >= 4 is 33.0 Å². The Hall–Kier alpha value is -4.33. The van der Waals surface area contributed by atoms with E-state index < -0.39 is 23.7 Å². The van der Waals surface area contributed by atoms with Crippen molar-refractivity contribution in [2.45, 2.75) is 46.0 Å². The molecule has 5 heterocycles. The fraction of sp³-hybridized carbons (Fsp3) is 0.286. The molecule has 1 amide bonds. The zero-order chi connectivity index (χ0) is 30.1. The molecule has 1 aliphatic heterocycles. The molecule has 0 unspecified atom stereocenters. The number of pyridine rings is 1. The van der Waals surface area contributed by atoms with Gasteiger partial charge in [-0.1, -0.05) is 15.9 Å². The number of imidazole rings is 1. The molecule has 0 saturated heterocycles. The van der Waals surface area contributed by atoms with Gasteiger partial charge in [-0.2, -0.15) is 18.3 Å². The third kappa shape index (κ3) is 4.59. The molecular weight excluding hydrogens is 617 g/mol. The summed E-state index contributed by atoms with van der Waals surface area (Å²) in [6.45, 7) is 5.35. The van der Waals surface area contributed by atoms with Crippen molar-refractivity contribution in [1.82, 2.24) is 38.8 Å². The lowest BCUT2D eigenvalue weighted by Crippen LogP contribution is -2.46. The van der Waals surface area contributed by atoms with Gasteiger partial charge in [-0.25, -0.2) is 24.2 Å². The zero-order valence-corrected chi connectivity index (χ0v) is 24.5. The molecular formula is C28H24BrF3N8O2. The van der Waals surface area contributed by atoms with Gasteiger partial charge in [-0.15, -0.1) is 0 Å². The maximum absolute atomic E-state index is 14.1. The van der Waals surface area contributed by atoms with E-state index >= 15 is 0 Å². The highest BCUT2D eigenvalue weighted by atomic mass is 79.9. The Morgan fingerprint density at radius 3 is 2.57 bits per heavy atom. The van der Waals surface area contributed by atoms with Crippen molar-refractivity contribution in [2.24, 2.45) is 7.05 Å². The number of halogens is 4. The van der Waals surface area contributed by atoms with Gasteiger partial charge < -0.3 is 9.47 Å². The molecule has 42 heavy (non-hydrogen) atoms. The van der Waals surface area contributed by atoms with Gasteiger partial charge in [0.1, 0.15) is 5.52 Å². The summed E-state index contributed by atoms with van der Waals surface area (Å²) in [5.74, 6) is -0.388. The van der Waals surface area contributed by atoms with Crippen LogP contribution in [0.3, 0.4) is 0 Å². The standard InChI is InChI=1S/C28H24BrF3N8O2/c1-14-7-16(3)40(36-14)27-35-23-12-38(25(41)17-5-6-21(29)20(9-17)28(30,31)32)15(2)8-19(23)26(42)39(27)18-10-22-24(33-11-18)37(4)13-34-22/h5-7,9-11,13,15H,8,12H2,1-4H3/t15-/m1/s1. The minimum atomic E-state index is -4.64. The number of benzene rings is 1. The van der Waals surface area contributed by atoms with Crippen LogP contribution in [0.15, 0.2) is 52.1 Å². The second-order valence-corrected chi connectivity index (χ2v) is 11.2. The van der Waals surface area contributed by atoms with Crippen molar-refractivity contribution in [1.29, 1.82) is 0 Å². The smallest absolute Gasteiger partial charge is 0.330 e. The monoisotopic (exact) mass is 640 g/mol. The van der Waals surface area contributed by atoms with Crippen LogP contribution in [0.2, 0.25) is 0 Å². The maximum atomic E-state index is 14.1. The van der Waals surface area contributed by atoms with Crippen molar-refractivity contribution in [3.63, 3.8) is 0 Å². The number of nitrogens with zero attached hydrogens (tertiary/aromatic N) is 8. The molecule has 0 saturated carbocycles. The normalized spacial score (nSPS) is 15.3. The fourth-order valence-corrected chi connectivity index (χ4v) is 5.76. The lowest BCUT2D eigenvalue weighted by atomic mass is 9.98. The number of alkyl halides is 3. The molecule has 4 aromatic heterocycles. The van der Waals surface area contributed by atoms with E-state index in [1.165, 1.54) is 21.6 Å². The summed E-state index contributed by atoms with van der Waals surface area (Å²) in [5, 5.41) is 4.54. The van der Waals surface area contributed by atoms with Crippen LogP contribution in [-0.2, 0) is 26.2 Å². The lowest BCUT2D eigenvalue weighted by Gasteiger charge is -2.34. The third-order valence-electron chi connectivity index (χ3n) is 7.37. The third-order valence-corrected chi connectivity index (χ3v) is 8.06. The predicted molar refractivity (Wildman–Crippen MR) is 151 cm³/mol. The number of carbonyl (C=O) groups is 1. The number of amides is 1. The minimum Gasteiger partial charge on any atom is -0.330 e. The van der Waals surface area contributed by atoms with E-state index in [4.69, 9.17) is 4.98 Å². The van der Waals surface area contributed by atoms with Crippen LogP contribution in [0.5, 0.6) is 0 Å². The van der Waals surface area contributed by atoms with Crippen LogP contribution in [0.1, 0.15) is 45.5 Å². The number of rotatable bonds is 3. The van der Waals surface area contributed by atoms with Crippen molar-refractivity contribution in [3.05, 3.63) is 91.5 Å². The van der Waals surface area contributed by atoms with Gasteiger partial charge in [-0.3, -0.25) is 9.59 Å². The second-order valence-electron chi connectivity index (χ2n) is 10.4. The van der Waals surface area contributed by atoms with E-state index in [0.29, 0.717) is 33.8 Å². The largest absolute Gasteiger partial charge is 0.417 e. The highest BCUT2D eigenvalue weighted by molar-refractivity contribution is 9.10. The number of aryl methyl sites for hydroxylation is 3. The molecule has 1 atom stereocenters. The average molecular weight is 641 g/mol. The van der Waals surface area contributed by atoms with Gasteiger partial charge in [0.15, 0.2) is 5.65 Å². The molecule has 14 heteroatoms. The Kier molecular flexibility index (Phi) is 6.55. The molecule has 216 valence electrons. The van der Waals surface area contributed by atoms with Crippen LogP contribution in [-0.4, -0.2) is 50.7 Å². The first kappa shape index (κ1) is 27.8. The molecule has 0 fully saturated rings. The second kappa shape index (κ2) is 9.89. The SMILES string of the molecule is Cc1cc(C)n(-c2nc3c(c(=O)n2-c2cnc4c(c2)ncn4C)C[C@@H](C)N(C(=O)c2ccc(Br)c(C(F)(F)F)c2)C3)n1. The fourth-order valence-electron chi connectivity index (χ4n) is 5.29. The van der Waals surface area contributed by atoms with E-state index in [-0.39, 0.29) is 34.5 Å². The predicted octanol–water partition coefficient (Wildman–Crippen LogP) is 4.69. The van der Waals surface area contributed by atoms with Gasteiger partial charge in [0.05, 0.1) is 41.7 Å². The van der Waals surface area contributed by atoms with E-state index in [2.05, 4.69) is 31.0 Å². The Morgan fingerprint density at radius 2 is 1.88 bits per heavy atom. The van der Waals surface area contributed by atoms with Crippen LogP contribution >= 0.6 is 15.9 Å². The number of hydrogen-bond donors (Lipinski definition) is 0. The highest BCUT2D eigenvalue weighted by Gasteiger charge is 2.36. The highest BCUT2D eigenvalue weighted by Crippen LogP contribution is 2.36. The topological polar surface area (TPSA) is 104 Å². The lowest BCUT2D eigenvalue weighted by molar-refractivity contribution is -0.138. The van der Waals surface area contributed by atoms with E-state index in [1.54, 1.807) is 34.8 Å². The van der Waals surface area contributed by atoms with Gasteiger partial charge in [0, 0.05) is 34.4 Å². The molecule has 0 bridgehead atoms.